The number of carbonyl (C=O) groups excluding carboxylic acids is 2. The summed E-state index contributed by atoms with van der Waals surface area (Å²) in [4.78, 5) is 36.3. The van der Waals surface area contributed by atoms with Gasteiger partial charge in [-0.05, 0) is 25.1 Å². The molecule has 8 nitrogen and oxygen atoms in total. The minimum absolute atomic E-state index is 0.205. The number of fused-ring (bicyclic) bond motifs is 1. The molecule has 28 heavy (non-hydrogen) atoms. The topological polar surface area (TPSA) is 125 Å². The summed E-state index contributed by atoms with van der Waals surface area (Å²) in [5, 5.41) is 18.9. The van der Waals surface area contributed by atoms with Gasteiger partial charge >= 0.3 is 5.97 Å². The fourth-order valence-corrected chi connectivity index (χ4v) is 2.66. The van der Waals surface area contributed by atoms with Crippen molar-refractivity contribution in [3.05, 3.63) is 70.1 Å². The summed E-state index contributed by atoms with van der Waals surface area (Å²) < 4.78 is 5.18. The standard InChI is InChI=1S/C20H16N4O4/c1-12(19(26)22-16-9-5-2-6-13(16)11-21)28-18(25)10-17-14-7-3-4-8-15(14)20(27)24-23-17/h2-9,12H,10H2,1H3,(H,22,26)(H,24,27). The molecule has 0 bridgehead atoms. The molecular weight excluding hydrogens is 360 g/mol. The fourth-order valence-electron chi connectivity index (χ4n) is 2.66. The molecule has 8 heteroatoms. The Morgan fingerprint density at radius 1 is 1.18 bits per heavy atom. The SMILES string of the molecule is CC(OC(=O)Cc1n[nH]c(=O)c2ccccc12)C(=O)Nc1ccccc1C#N. The van der Waals surface area contributed by atoms with Crippen molar-refractivity contribution in [1.29, 1.82) is 5.26 Å². The van der Waals surface area contributed by atoms with Crippen LogP contribution in [0.1, 0.15) is 18.2 Å². The number of amides is 1. The van der Waals surface area contributed by atoms with E-state index < -0.39 is 18.0 Å². The van der Waals surface area contributed by atoms with E-state index in [1.165, 1.54) is 6.92 Å². The Morgan fingerprint density at radius 2 is 1.86 bits per heavy atom. The first-order chi connectivity index (χ1) is 13.5. The lowest BCUT2D eigenvalue weighted by molar-refractivity contribution is -0.152. The second-order valence-corrected chi connectivity index (χ2v) is 6.00. The monoisotopic (exact) mass is 376 g/mol. The van der Waals surface area contributed by atoms with Gasteiger partial charge in [0.15, 0.2) is 6.10 Å². The molecular formula is C20H16N4O4. The third kappa shape index (κ3) is 4.04. The van der Waals surface area contributed by atoms with E-state index in [-0.39, 0.29) is 12.0 Å². The van der Waals surface area contributed by atoms with Gasteiger partial charge < -0.3 is 10.1 Å². The maximum absolute atomic E-state index is 12.3. The first kappa shape index (κ1) is 18.8. The van der Waals surface area contributed by atoms with E-state index in [9.17, 15) is 14.4 Å². The number of hydrogen-bond acceptors (Lipinski definition) is 6. The van der Waals surface area contributed by atoms with Crippen LogP contribution in [0, 0.1) is 11.3 Å². The summed E-state index contributed by atoms with van der Waals surface area (Å²) in [5.41, 5.74) is 0.642. The second kappa shape index (κ2) is 8.14. The van der Waals surface area contributed by atoms with Crippen LogP contribution in [0.25, 0.3) is 10.8 Å². The van der Waals surface area contributed by atoms with Crippen molar-refractivity contribution in [2.45, 2.75) is 19.4 Å². The van der Waals surface area contributed by atoms with E-state index in [0.29, 0.717) is 27.7 Å². The normalized spacial score (nSPS) is 11.4. The lowest BCUT2D eigenvalue weighted by atomic mass is 10.1. The smallest absolute Gasteiger partial charge is 0.312 e. The Hall–Kier alpha value is -3.99. The number of nitrogens with zero attached hydrogens (tertiary/aromatic N) is 2. The number of nitriles is 1. The van der Waals surface area contributed by atoms with Gasteiger partial charge in [0.25, 0.3) is 11.5 Å². The average molecular weight is 376 g/mol. The summed E-state index contributed by atoms with van der Waals surface area (Å²) in [6.45, 7) is 1.43. The number of benzene rings is 2. The molecule has 140 valence electrons. The Balaban J connectivity index is 1.68. The zero-order chi connectivity index (χ0) is 20.1. The Kier molecular flexibility index (Phi) is 5.46. The number of aromatic amines is 1. The van der Waals surface area contributed by atoms with Gasteiger partial charge in [-0.3, -0.25) is 14.4 Å². The Bertz CT molecular complexity index is 1150. The first-order valence-electron chi connectivity index (χ1n) is 8.45. The predicted octanol–water partition coefficient (Wildman–Crippen LogP) is 1.91. The van der Waals surface area contributed by atoms with Crippen LogP contribution in [0.5, 0.6) is 0 Å². The Morgan fingerprint density at radius 3 is 2.61 bits per heavy atom. The molecule has 3 aromatic rings. The van der Waals surface area contributed by atoms with E-state index in [0.717, 1.165) is 0 Å². The number of hydrogen-bond donors (Lipinski definition) is 2. The van der Waals surface area contributed by atoms with Crippen molar-refractivity contribution >= 4 is 28.3 Å². The quantitative estimate of drug-likeness (QED) is 0.655. The summed E-state index contributed by atoms with van der Waals surface area (Å²) in [7, 11) is 0. The number of carbonyl (C=O) groups is 2. The van der Waals surface area contributed by atoms with Crippen molar-refractivity contribution in [2.75, 3.05) is 5.32 Å². The maximum Gasteiger partial charge on any atom is 0.312 e. The minimum atomic E-state index is -1.08. The van der Waals surface area contributed by atoms with Crippen LogP contribution in [-0.2, 0) is 20.7 Å². The number of esters is 1. The van der Waals surface area contributed by atoms with Crippen LogP contribution in [0.3, 0.4) is 0 Å². The molecule has 0 fully saturated rings. The van der Waals surface area contributed by atoms with Gasteiger partial charge in [-0.1, -0.05) is 30.3 Å². The molecule has 1 heterocycles. The predicted molar refractivity (Wildman–Crippen MR) is 101 cm³/mol. The van der Waals surface area contributed by atoms with Gasteiger partial charge in [0.05, 0.1) is 28.8 Å². The van der Waals surface area contributed by atoms with Gasteiger partial charge in [-0.2, -0.15) is 10.4 Å². The van der Waals surface area contributed by atoms with E-state index in [1.807, 2.05) is 6.07 Å². The van der Waals surface area contributed by atoms with Crippen molar-refractivity contribution in [2.24, 2.45) is 0 Å². The van der Waals surface area contributed by atoms with Crippen LogP contribution in [0.15, 0.2) is 53.3 Å². The number of anilines is 1. The number of para-hydroxylation sites is 1. The summed E-state index contributed by atoms with van der Waals surface area (Å²) in [6, 6.07) is 15.3. The number of H-pyrrole nitrogens is 1. The van der Waals surface area contributed by atoms with Crippen LogP contribution >= 0.6 is 0 Å². The van der Waals surface area contributed by atoms with E-state index in [1.54, 1.807) is 48.5 Å². The maximum atomic E-state index is 12.3. The second-order valence-electron chi connectivity index (χ2n) is 6.00. The Labute approximate surface area is 159 Å². The molecule has 1 atom stereocenters. The van der Waals surface area contributed by atoms with Crippen LogP contribution in [0.4, 0.5) is 5.69 Å². The van der Waals surface area contributed by atoms with Crippen LogP contribution in [0.2, 0.25) is 0 Å². The minimum Gasteiger partial charge on any atom is -0.452 e. The van der Waals surface area contributed by atoms with Crippen LogP contribution < -0.4 is 10.9 Å². The molecule has 0 saturated carbocycles. The lowest BCUT2D eigenvalue weighted by Gasteiger charge is -2.14. The number of nitrogens with one attached hydrogen (secondary N) is 2. The zero-order valence-electron chi connectivity index (χ0n) is 14.9. The fraction of sp³-hybridized carbons (Fsp3) is 0.150. The number of aromatic nitrogens is 2. The lowest BCUT2D eigenvalue weighted by Crippen LogP contribution is -2.31. The van der Waals surface area contributed by atoms with E-state index >= 15 is 0 Å². The van der Waals surface area contributed by atoms with Gasteiger partial charge in [-0.15, -0.1) is 0 Å². The summed E-state index contributed by atoms with van der Waals surface area (Å²) >= 11 is 0. The average Bonchev–Trinajstić information content (AvgIpc) is 2.70. The third-order valence-electron chi connectivity index (χ3n) is 4.07. The summed E-state index contributed by atoms with van der Waals surface area (Å²) in [5.74, 6) is -1.23. The molecule has 1 aromatic heterocycles. The third-order valence-corrected chi connectivity index (χ3v) is 4.07. The van der Waals surface area contributed by atoms with Crippen LogP contribution in [-0.4, -0.2) is 28.2 Å². The zero-order valence-corrected chi connectivity index (χ0v) is 14.9. The molecule has 0 aliphatic heterocycles. The number of ether oxygens (including phenoxy) is 1. The summed E-state index contributed by atoms with van der Waals surface area (Å²) in [6.07, 6.45) is -1.28. The van der Waals surface area contributed by atoms with Crippen molar-refractivity contribution < 1.29 is 14.3 Å². The highest BCUT2D eigenvalue weighted by Crippen LogP contribution is 2.15. The van der Waals surface area contributed by atoms with Gasteiger partial charge in [-0.25, -0.2) is 5.10 Å². The molecule has 2 N–H and O–H groups in total. The molecule has 0 radical (unpaired) electrons. The van der Waals surface area contributed by atoms with Crippen molar-refractivity contribution in [3.8, 4) is 6.07 Å². The van der Waals surface area contributed by atoms with Crippen molar-refractivity contribution in [1.82, 2.24) is 10.2 Å². The van der Waals surface area contributed by atoms with Crippen molar-refractivity contribution in [3.63, 3.8) is 0 Å². The number of rotatable bonds is 5. The molecule has 0 aliphatic carbocycles. The largest absolute Gasteiger partial charge is 0.452 e. The van der Waals surface area contributed by atoms with E-state index in [2.05, 4.69) is 15.5 Å². The van der Waals surface area contributed by atoms with Gasteiger partial charge in [0.2, 0.25) is 0 Å². The highest BCUT2D eigenvalue weighted by atomic mass is 16.5. The molecule has 0 spiro atoms. The first-order valence-corrected chi connectivity index (χ1v) is 8.45. The van der Waals surface area contributed by atoms with Gasteiger partial charge in [0, 0.05) is 5.39 Å². The molecule has 2 aromatic carbocycles. The molecule has 0 saturated heterocycles. The molecule has 3 rings (SSSR count). The molecule has 0 aliphatic rings. The molecule has 1 amide bonds. The van der Waals surface area contributed by atoms with Gasteiger partial charge in [0.1, 0.15) is 6.07 Å². The highest BCUT2D eigenvalue weighted by Gasteiger charge is 2.20. The van der Waals surface area contributed by atoms with E-state index in [4.69, 9.17) is 10.00 Å². The molecule has 1 unspecified atom stereocenters. The highest BCUT2D eigenvalue weighted by molar-refractivity contribution is 5.96.